The first-order valence-corrected chi connectivity index (χ1v) is 9.90. The van der Waals surface area contributed by atoms with Crippen molar-refractivity contribution >= 4 is 22.9 Å². The van der Waals surface area contributed by atoms with E-state index >= 15 is 0 Å². The van der Waals surface area contributed by atoms with Gasteiger partial charge in [-0.15, -0.1) is 5.10 Å². The van der Waals surface area contributed by atoms with Crippen LogP contribution in [0.2, 0.25) is 0 Å². The van der Waals surface area contributed by atoms with Crippen molar-refractivity contribution < 1.29 is 14.3 Å². The number of carbonyl (C=O) groups is 2. The van der Waals surface area contributed by atoms with Crippen LogP contribution in [0.3, 0.4) is 0 Å². The van der Waals surface area contributed by atoms with Crippen LogP contribution in [-0.4, -0.2) is 39.5 Å². The van der Waals surface area contributed by atoms with Gasteiger partial charge in [-0.3, -0.25) is 4.79 Å². The summed E-state index contributed by atoms with van der Waals surface area (Å²) >= 11 is 0. The molecule has 0 aliphatic carbocycles. The van der Waals surface area contributed by atoms with Gasteiger partial charge in [-0.2, -0.15) is 0 Å². The smallest absolute Gasteiger partial charge is 0.338 e. The summed E-state index contributed by atoms with van der Waals surface area (Å²) in [5, 5.41) is 11.0. The van der Waals surface area contributed by atoms with Crippen LogP contribution >= 0.6 is 0 Å². The minimum absolute atomic E-state index is 0.214. The van der Waals surface area contributed by atoms with E-state index in [-0.39, 0.29) is 11.8 Å². The summed E-state index contributed by atoms with van der Waals surface area (Å²) in [7, 11) is 0. The number of esters is 1. The summed E-state index contributed by atoms with van der Waals surface area (Å²) in [5.74, 6) is -0.659. The summed E-state index contributed by atoms with van der Waals surface area (Å²) in [6.07, 6.45) is 0.00880. The Balaban J connectivity index is 1.58. The van der Waals surface area contributed by atoms with E-state index < -0.39 is 12.1 Å². The van der Waals surface area contributed by atoms with E-state index in [1.54, 1.807) is 29.8 Å². The van der Waals surface area contributed by atoms with Gasteiger partial charge in [0, 0.05) is 19.0 Å². The number of hydrogen-bond acceptors (Lipinski definition) is 5. The van der Waals surface area contributed by atoms with Gasteiger partial charge in [-0.25, -0.2) is 9.48 Å². The predicted molar refractivity (Wildman–Crippen MR) is 111 cm³/mol. The molecule has 0 saturated heterocycles. The number of aryl methyl sites for hydroxylation is 1. The third-order valence-corrected chi connectivity index (χ3v) is 4.99. The lowest BCUT2D eigenvalue weighted by Crippen LogP contribution is -2.38. The van der Waals surface area contributed by atoms with Gasteiger partial charge in [-0.1, -0.05) is 42.5 Å². The lowest BCUT2D eigenvalue weighted by atomic mass is 9.96. The zero-order valence-corrected chi connectivity index (χ0v) is 17.0. The van der Waals surface area contributed by atoms with E-state index in [0.29, 0.717) is 24.2 Å². The number of hydrogen-bond donors (Lipinski definition) is 1. The molecular formula is C22H26N4O3. The van der Waals surface area contributed by atoms with Crippen molar-refractivity contribution in [1.82, 2.24) is 20.3 Å². The molecule has 2 atom stereocenters. The molecule has 7 nitrogen and oxygen atoms in total. The van der Waals surface area contributed by atoms with Gasteiger partial charge >= 0.3 is 5.97 Å². The fourth-order valence-electron chi connectivity index (χ4n) is 3.21. The molecule has 0 unspecified atom stereocenters. The molecular weight excluding hydrogens is 368 g/mol. The zero-order chi connectivity index (χ0) is 20.8. The van der Waals surface area contributed by atoms with Crippen LogP contribution in [0.4, 0.5) is 0 Å². The second-order valence-electron chi connectivity index (χ2n) is 6.92. The van der Waals surface area contributed by atoms with Crippen molar-refractivity contribution in [1.29, 1.82) is 0 Å². The second kappa shape index (κ2) is 9.32. The Morgan fingerprint density at radius 1 is 1.14 bits per heavy atom. The summed E-state index contributed by atoms with van der Waals surface area (Å²) in [5.41, 5.74) is 2.98. The number of rotatable bonds is 8. The first-order chi connectivity index (χ1) is 14.0. The normalized spacial score (nSPS) is 13.1. The van der Waals surface area contributed by atoms with Crippen molar-refractivity contribution in [2.24, 2.45) is 0 Å². The molecule has 0 radical (unpaired) electrons. The Morgan fingerprint density at radius 3 is 2.59 bits per heavy atom. The van der Waals surface area contributed by atoms with Crippen LogP contribution < -0.4 is 5.32 Å². The highest BCUT2D eigenvalue weighted by Gasteiger charge is 2.21. The monoisotopic (exact) mass is 394 g/mol. The topological polar surface area (TPSA) is 86.1 Å². The highest BCUT2D eigenvalue weighted by atomic mass is 16.5. The standard InChI is InChI=1S/C22H26N4O3/c1-4-16(17-9-7-6-8-10-17)14-23-21(27)15(3)29-22(28)18-11-12-20-19(13-18)24-25-26(20)5-2/h6-13,15-16H,4-5,14H2,1-3H3,(H,23,27)/t15-,16-/m0/s1. The van der Waals surface area contributed by atoms with Gasteiger partial charge in [0.1, 0.15) is 5.52 Å². The predicted octanol–water partition coefficient (Wildman–Crippen LogP) is 3.31. The Bertz CT molecular complexity index is 984. The quantitative estimate of drug-likeness (QED) is 0.593. The number of amides is 1. The Morgan fingerprint density at radius 2 is 1.90 bits per heavy atom. The lowest BCUT2D eigenvalue weighted by Gasteiger charge is -2.18. The highest BCUT2D eigenvalue weighted by molar-refractivity contribution is 5.95. The number of aromatic nitrogens is 3. The Labute approximate surface area is 170 Å². The molecule has 1 N–H and O–H groups in total. The van der Waals surface area contributed by atoms with E-state index in [9.17, 15) is 9.59 Å². The number of ether oxygens (including phenoxy) is 1. The zero-order valence-electron chi connectivity index (χ0n) is 17.0. The molecule has 152 valence electrons. The van der Waals surface area contributed by atoms with Crippen molar-refractivity contribution in [2.45, 2.75) is 45.8 Å². The number of nitrogens with zero attached hydrogens (tertiary/aromatic N) is 3. The van der Waals surface area contributed by atoms with Gasteiger partial charge in [-0.05, 0) is 44.0 Å². The molecule has 1 heterocycles. The molecule has 0 spiro atoms. The molecule has 1 aromatic heterocycles. The molecule has 3 aromatic rings. The van der Waals surface area contributed by atoms with Crippen molar-refractivity contribution in [2.75, 3.05) is 6.54 Å². The van der Waals surface area contributed by atoms with Gasteiger partial charge in [0.2, 0.25) is 0 Å². The summed E-state index contributed by atoms with van der Waals surface area (Å²) in [4.78, 5) is 24.8. The van der Waals surface area contributed by atoms with Gasteiger partial charge in [0.25, 0.3) is 5.91 Å². The van der Waals surface area contributed by atoms with Crippen LogP contribution in [-0.2, 0) is 16.1 Å². The van der Waals surface area contributed by atoms with Crippen LogP contribution in [0.15, 0.2) is 48.5 Å². The number of fused-ring (bicyclic) bond motifs is 1. The molecule has 3 rings (SSSR count). The third kappa shape index (κ3) is 4.80. The summed E-state index contributed by atoms with van der Waals surface area (Å²) < 4.78 is 7.09. The van der Waals surface area contributed by atoms with Gasteiger partial charge in [0.15, 0.2) is 6.10 Å². The first-order valence-electron chi connectivity index (χ1n) is 9.90. The summed E-state index contributed by atoms with van der Waals surface area (Å²) in [6, 6.07) is 15.1. The molecule has 2 aromatic carbocycles. The Kier molecular flexibility index (Phi) is 6.59. The Hall–Kier alpha value is -3.22. The van der Waals surface area contributed by atoms with Crippen LogP contribution in [0.5, 0.6) is 0 Å². The summed E-state index contributed by atoms with van der Waals surface area (Å²) in [6.45, 7) is 6.81. The van der Waals surface area contributed by atoms with E-state index in [4.69, 9.17) is 4.74 Å². The van der Waals surface area contributed by atoms with Crippen molar-refractivity contribution in [3.05, 3.63) is 59.7 Å². The van der Waals surface area contributed by atoms with Crippen molar-refractivity contribution in [3.63, 3.8) is 0 Å². The molecule has 0 saturated carbocycles. The third-order valence-electron chi connectivity index (χ3n) is 4.99. The SMILES string of the molecule is CC[C@@H](CNC(=O)[C@H](C)OC(=O)c1ccc2c(c1)nnn2CC)c1ccccc1. The maximum Gasteiger partial charge on any atom is 0.338 e. The van der Waals surface area contributed by atoms with E-state index in [2.05, 4.69) is 34.7 Å². The van der Waals surface area contributed by atoms with Crippen LogP contribution in [0, 0.1) is 0 Å². The average molecular weight is 394 g/mol. The van der Waals surface area contributed by atoms with Gasteiger partial charge in [0.05, 0.1) is 11.1 Å². The lowest BCUT2D eigenvalue weighted by molar-refractivity contribution is -0.129. The largest absolute Gasteiger partial charge is 0.449 e. The molecule has 0 aliphatic rings. The second-order valence-corrected chi connectivity index (χ2v) is 6.92. The van der Waals surface area contributed by atoms with Crippen LogP contribution in [0.25, 0.3) is 11.0 Å². The minimum Gasteiger partial charge on any atom is -0.449 e. The molecule has 29 heavy (non-hydrogen) atoms. The fraction of sp³-hybridized carbons (Fsp3) is 0.364. The average Bonchev–Trinajstić information content (AvgIpc) is 3.17. The molecule has 0 bridgehead atoms. The first kappa shape index (κ1) is 20.5. The molecule has 7 heteroatoms. The molecule has 1 amide bonds. The minimum atomic E-state index is -0.891. The van der Waals surface area contributed by atoms with Gasteiger partial charge < -0.3 is 10.1 Å². The van der Waals surface area contributed by atoms with E-state index in [0.717, 1.165) is 11.9 Å². The number of nitrogens with one attached hydrogen (secondary N) is 1. The maximum absolute atomic E-state index is 12.4. The number of benzene rings is 2. The molecule has 0 fully saturated rings. The number of carbonyl (C=O) groups excluding carboxylic acids is 2. The van der Waals surface area contributed by atoms with E-state index in [1.165, 1.54) is 5.56 Å². The molecule has 0 aliphatic heterocycles. The van der Waals surface area contributed by atoms with Crippen molar-refractivity contribution in [3.8, 4) is 0 Å². The maximum atomic E-state index is 12.4. The van der Waals surface area contributed by atoms with E-state index in [1.807, 2.05) is 25.1 Å². The highest BCUT2D eigenvalue weighted by Crippen LogP contribution is 2.18. The van der Waals surface area contributed by atoms with Crippen LogP contribution in [0.1, 0.15) is 49.0 Å². The fourth-order valence-corrected chi connectivity index (χ4v) is 3.21.